The zero-order chi connectivity index (χ0) is 8.85. The van der Waals surface area contributed by atoms with E-state index < -0.39 is 5.97 Å². The SMILES string of the molecule is CC(C)C[C@@H](CC(=O)O)SN. The van der Waals surface area contributed by atoms with Gasteiger partial charge >= 0.3 is 5.97 Å². The molecule has 0 unspecified atom stereocenters. The fraction of sp³-hybridized carbons (Fsp3) is 0.857. The second kappa shape index (κ2) is 5.43. The van der Waals surface area contributed by atoms with E-state index in [9.17, 15) is 4.79 Å². The average molecular weight is 177 g/mol. The minimum absolute atomic E-state index is 0.0625. The van der Waals surface area contributed by atoms with Gasteiger partial charge in [-0.05, 0) is 12.3 Å². The third kappa shape index (κ3) is 6.19. The number of carboxylic acids is 1. The fourth-order valence-electron chi connectivity index (χ4n) is 0.908. The van der Waals surface area contributed by atoms with Crippen molar-refractivity contribution in [3.05, 3.63) is 0 Å². The van der Waals surface area contributed by atoms with Crippen LogP contribution in [0.25, 0.3) is 0 Å². The molecule has 0 spiro atoms. The molecule has 0 bridgehead atoms. The summed E-state index contributed by atoms with van der Waals surface area (Å²) in [6.07, 6.45) is 1.03. The standard InChI is InChI=1S/C7H15NO2S/c1-5(2)3-6(11-8)4-7(9)10/h5-6H,3-4,8H2,1-2H3,(H,9,10)/t6-/m0/s1. The molecule has 0 radical (unpaired) electrons. The van der Waals surface area contributed by atoms with Crippen molar-refractivity contribution < 1.29 is 9.90 Å². The van der Waals surface area contributed by atoms with Crippen LogP contribution >= 0.6 is 11.9 Å². The molecule has 0 aromatic heterocycles. The highest BCUT2D eigenvalue weighted by Gasteiger charge is 2.13. The first-order valence-electron chi connectivity index (χ1n) is 3.63. The summed E-state index contributed by atoms with van der Waals surface area (Å²) in [6.45, 7) is 4.12. The minimum atomic E-state index is -0.770. The van der Waals surface area contributed by atoms with E-state index in [-0.39, 0.29) is 11.7 Å². The lowest BCUT2D eigenvalue weighted by Gasteiger charge is -2.12. The summed E-state index contributed by atoms with van der Waals surface area (Å²) in [4.78, 5) is 10.3. The van der Waals surface area contributed by atoms with Crippen molar-refractivity contribution in [1.82, 2.24) is 0 Å². The molecule has 66 valence electrons. The van der Waals surface area contributed by atoms with Crippen LogP contribution in [-0.2, 0) is 4.79 Å². The number of carbonyl (C=O) groups is 1. The summed E-state index contributed by atoms with van der Waals surface area (Å²) in [7, 11) is 0. The molecule has 0 aromatic carbocycles. The van der Waals surface area contributed by atoms with Gasteiger partial charge in [0, 0.05) is 5.25 Å². The number of nitrogens with two attached hydrogens (primary N) is 1. The molecule has 0 saturated heterocycles. The van der Waals surface area contributed by atoms with E-state index in [1.807, 2.05) is 0 Å². The van der Waals surface area contributed by atoms with Crippen LogP contribution in [0.4, 0.5) is 0 Å². The largest absolute Gasteiger partial charge is 0.481 e. The zero-order valence-electron chi connectivity index (χ0n) is 6.91. The van der Waals surface area contributed by atoms with Gasteiger partial charge < -0.3 is 5.11 Å². The lowest BCUT2D eigenvalue weighted by atomic mass is 10.1. The summed E-state index contributed by atoms with van der Waals surface area (Å²) >= 11 is 1.15. The third-order valence-electron chi connectivity index (χ3n) is 1.33. The highest BCUT2D eigenvalue weighted by atomic mass is 32.2. The molecule has 11 heavy (non-hydrogen) atoms. The van der Waals surface area contributed by atoms with Crippen LogP contribution in [0.1, 0.15) is 26.7 Å². The van der Waals surface area contributed by atoms with Crippen LogP contribution in [-0.4, -0.2) is 16.3 Å². The van der Waals surface area contributed by atoms with Gasteiger partial charge in [-0.1, -0.05) is 25.8 Å². The zero-order valence-corrected chi connectivity index (χ0v) is 7.73. The first-order chi connectivity index (χ1) is 5.06. The van der Waals surface area contributed by atoms with Gasteiger partial charge in [0.25, 0.3) is 0 Å². The molecule has 3 nitrogen and oxygen atoms in total. The molecule has 1 atom stereocenters. The number of hydrogen-bond acceptors (Lipinski definition) is 3. The van der Waals surface area contributed by atoms with Crippen molar-refractivity contribution in [3.8, 4) is 0 Å². The van der Waals surface area contributed by atoms with Gasteiger partial charge in [0.15, 0.2) is 0 Å². The van der Waals surface area contributed by atoms with Crippen molar-refractivity contribution in [1.29, 1.82) is 0 Å². The van der Waals surface area contributed by atoms with E-state index in [0.717, 1.165) is 18.4 Å². The molecule has 0 aliphatic carbocycles. The van der Waals surface area contributed by atoms with Gasteiger partial charge in [0.2, 0.25) is 0 Å². The van der Waals surface area contributed by atoms with E-state index >= 15 is 0 Å². The van der Waals surface area contributed by atoms with Gasteiger partial charge in [0.1, 0.15) is 0 Å². The Kier molecular flexibility index (Phi) is 5.32. The number of rotatable bonds is 5. The quantitative estimate of drug-likeness (QED) is 0.624. The van der Waals surface area contributed by atoms with Crippen LogP contribution in [0.3, 0.4) is 0 Å². The number of aliphatic carboxylic acids is 1. The Balaban J connectivity index is 3.66. The molecule has 0 aliphatic heterocycles. The molecular weight excluding hydrogens is 162 g/mol. The Morgan fingerprint density at radius 3 is 2.45 bits per heavy atom. The van der Waals surface area contributed by atoms with Crippen LogP contribution in [0.2, 0.25) is 0 Å². The summed E-state index contributed by atoms with van der Waals surface area (Å²) in [5.74, 6) is -0.260. The molecular formula is C7H15NO2S. The molecule has 0 amide bonds. The summed E-state index contributed by atoms with van der Waals surface area (Å²) < 4.78 is 0. The van der Waals surface area contributed by atoms with E-state index in [0.29, 0.717) is 5.92 Å². The van der Waals surface area contributed by atoms with Gasteiger partial charge in [-0.3, -0.25) is 9.93 Å². The first-order valence-corrected chi connectivity index (χ1v) is 4.57. The molecule has 0 rings (SSSR count). The molecule has 0 heterocycles. The first kappa shape index (κ1) is 10.8. The average Bonchev–Trinajstić information content (AvgIpc) is 1.84. The Bertz CT molecular complexity index is 128. The summed E-state index contributed by atoms with van der Waals surface area (Å²) in [5, 5.41) is 13.8. The van der Waals surface area contributed by atoms with E-state index in [4.69, 9.17) is 10.2 Å². The van der Waals surface area contributed by atoms with E-state index in [1.54, 1.807) is 0 Å². The van der Waals surface area contributed by atoms with Crippen LogP contribution in [0, 0.1) is 5.92 Å². The van der Waals surface area contributed by atoms with Gasteiger partial charge in [-0.15, -0.1) is 0 Å². The van der Waals surface area contributed by atoms with Crippen LogP contribution < -0.4 is 5.14 Å². The van der Waals surface area contributed by atoms with Crippen molar-refractivity contribution >= 4 is 17.9 Å². The predicted molar refractivity (Wildman–Crippen MR) is 47.3 cm³/mol. The third-order valence-corrected chi connectivity index (χ3v) is 2.07. The van der Waals surface area contributed by atoms with Crippen LogP contribution in [0.5, 0.6) is 0 Å². The summed E-state index contributed by atoms with van der Waals surface area (Å²) in [5.41, 5.74) is 0. The maximum Gasteiger partial charge on any atom is 0.304 e. The predicted octanol–water partition coefficient (Wildman–Crippen LogP) is 1.48. The van der Waals surface area contributed by atoms with Crippen molar-refractivity contribution in [2.45, 2.75) is 31.9 Å². The highest BCUT2D eigenvalue weighted by molar-refractivity contribution is 7.97. The molecule has 4 heteroatoms. The minimum Gasteiger partial charge on any atom is -0.481 e. The van der Waals surface area contributed by atoms with Crippen molar-refractivity contribution in [2.75, 3.05) is 0 Å². The maximum absolute atomic E-state index is 10.3. The summed E-state index contributed by atoms with van der Waals surface area (Å²) in [6, 6.07) is 0. The Morgan fingerprint density at radius 1 is 1.64 bits per heavy atom. The monoisotopic (exact) mass is 177 g/mol. The number of carboxylic acid groups (broad SMARTS) is 1. The maximum atomic E-state index is 10.3. The molecule has 0 aliphatic rings. The van der Waals surface area contributed by atoms with Crippen molar-refractivity contribution in [2.24, 2.45) is 11.1 Å². The second-order valence-corrected chi connectivity index (χ2v) is 3.92. The number of hydrogen-bond donors (Lipinski definition) is 2. The van der Waals surface area contributed by atoms with E-state index in [1.165, 1.54) is 0 Å². The molecule has 3 N–H and O–H groups in total. The van der Waals surface area contributed by atoms with Crippen molar-refractivity contribution in [3.63, 3.8) is 0 Å². The Morgan fingerprint density at radius 2 is 2.18 bits per heavy atom. The second-order valence-electron chi connectivity index (χ2n) is 2.99. The molecule has 0 fully saturated rings. The van der Waals surface area contributed by atoms with Gasteiger partial charge in [-0.25, -0.2) is 0 Å². The Labute approximate surface area is 71.5 Å². The van der Waals surface area contributed by atoms with Gasteiger partial charge in [-0.2, -0.15) is 0 Å². The fourth-order valence-corrected chi connectivity index (χ4v) is 1.64. The lowest BCUT2D eigenvalue weighted by molar-refractivity contribution is -0.137. The van der Waals surface area contributed by atoms with E-state index in [2.05, 4.69) is 13.8 Å². The van der Waals surface area contributed by atoms with Crippen LogP contribution in [0.15, 0.2) is 0 Å². The topological polar surface area (TPSA) is 63.3 Å². The molecule has 0 aromatic rings. The highest BCUT2D eigenvalue weighted by Crippen LogP contribution is 2.17. The lowest BCUT2D eigenvalue weighted by Crippen LogP contribution is -2.14. The Hall–Kier alpha value is -0.220. The normalized spacial score (nSPS) is 13.5. The smallest absolute Gasteiger partial charge is 0.304 e. The van der Waals surface area contributed by atoms with Gasteiger partial charge in [0.05, 0.1) is 6.42 Å². The molecule has 0 saturated carbocycles.